The fourth-order valence-electron chi connectivity index (χ4n) is 2.56. The van der Waals surface area contributed by atoms with Crippen LogP contribution in [-0.2, 0) is 14.8 Å². The van der Waals surface area contributed by atoms with Gasteiger partial charge in [-0.2, -0.15) is 0 Å². The third-order valence-corrected chi connectivity index (χ3v) is 5.62. The number of methoxy groups -OCH3 is 1. The lowest BCUT2D eigenvalue weighted by atomic mass is 9.65. The lowest BCUT2D eigenvalue weighted by molar-refractivity contribution is -0.0908. The smallest absolute Gasteiger partial charge is 0.242 e. The molecule has 20 heavy (non-hydrogen) atoms. The number of ether oxygens (including phenoxy) is 1. The predicted octanol–water partition coefficient (Wildman–Crippen LogP) is 1.06. The Morgan fingerprint density at radius 3 is 2.55 bits per heavy atom. The van der Waals surface area contributed by atoms with E-state index in [1.807, 2.05) is 13.8 Å². The largest absolute Gasteiger partial charge is 0.381 e. The Balaban J connectivity index is 2.21. The molecule has 0 spiro atoms. The van der Waals surface area contributed by atoms with Crippen molar-refractivity contribution in [3.8, 4) is 0 Å². The number of anilines is 1. The molecule has 0 aliphatic heterocycles. The van der Waals surface area contributed by atoms with Crippen molar-refractivity contribution >= 4 is 15.7 Å². The van der Waals surface area contributed by atoms with Gasteiger partial charge in [0, 0.05) is 18.6 Å². The van der Waals surface area contributed by atoms with E-state index in [0.717, 1.165) is 0 Å². The van der Waals surface area contributed by atoms with E-state index in [-0.39, 0.29) is 22.5 Å². The van der Waals surface area contributed by atoms with Crippen molar-refractivity contribution in [1.82, 2.24) is 4.72 Å². The summed E-state index contributed by atoms with van der Waals surface area (Å²) in [5.74, 6) is 5.36. The first-order valence-corrected chi connectivity index (χ1v) is 7.92. The van der Waals surface area contributed by atoms with Gasteiger partial charge >= 0.3 is 0 Å². The number of nitrogens with one attached hydrogen (secondary N) is 2. The van der Waals surface area contributed by atoms with Crippen LogP contribution < -0.4 is 16.0 Å². The van der Waals surface area contributed by atoms with Crippen LogP contribution >= 0.6 is 0 Å². The molecule has 1 aliphatic rings. The summed E-state index contributed by atoms with van der Waals surface area (Å²) in [6.07, 6.45) is 0.735. The number of rotatable bonds is 5. The highest BCUT2D eigenvalue weighted by Crippen LogP contribution is 2.43. The Bertz CT molecular complexity index is 586. The van der Waals surface area contributed by atoms with E-state index >= 15 is 0 Å². The van der Waals surface area contributed by atoms with Crippen LogP contribution in [0.2, 0.25) is 0 Å². The summed E-state index contributed by atoms with van der Waals surface area (Å²) in [7, 11) is -1.97. The molecule has 1 aromatic carbocycles. The van der Waals surface area contributed by atoms with Crippen molar-refractivity contribution in [2.45, 2.75) is 37.3 Å². The first-order valence-electron chi connectivity index (χ1n) is 6.43. The number of hydrogen-bond acceptors (Lipinski definition) is 5. The van der Waals surface area contributed by atoms with E-state index in [9.17, 15) is 8.42 Å². The van der Waals surface area contributed by atoms with Crippen molar-refractivity contribution in [3.63, 3.8) is 0 Å². The molecule has 112 valence electrons. The van der Waals surface area contributed by atoms with Gasteiger partial charge in [0.05, 0.1) is 11.8 Å². The molecule has 1 saturated carbocycles. The Morgan fingerprint density at radius 1 is 1.35 bits per heavy atom. The van der Waals surface area contributed by atoms with Crippen LogP contribution in [0.25, 0.3) is 0 Å². The van der Waals surface area contributed by atoms with E-state index < -0.39 is 10.0 Å². The van der Waals surface area contributed by atoms with Gasteiger partial charge in [-0.25, -0.2) is 13.1 Å². The monoisotopic (exact) mass is 299 g/mol. The summed E-state index contributed by atoms with van der Waals surface area (Å²) < 4.78 is 33.0. The third-order valence-electron chi connectivity index (χ3n) is 4.09. The van der Waals surface area contributed by atoms with Crippen molar-refractivity contribution < 1.29 is 13.2 Å². The van der Waals surface area contributed by atoms with Crippen LogP contribution in [0.3, 0.4) is 0 Å². The highest BCUT2D eigenvalue weighted by atomic mass is 32.2. The number of para-hydroxylation sites is 1. The molecule has 1 aromatic rings. The molecule has 0 amide bonds. The van der Waals surface area contributed by atoms with Gasteiger partial charge in [0.2, 0.25) is 10.0 Å². The molecule has 6 nitrogen and oxygen atoms in total. The first-order chi connectivity index (χ1) is 9.32. The van der Waals surface area contributed by atoms with Crippen LogP contribution in [0.5, 0.6) is 0 Å². The minimum atomic E-state index is -3.61. The molecule has 2 atom stereocenters. The zero-order valence-electron chi connectivity index (χ0n) is 11.9. The SMILES string of the molecule is COC1CC(NS(=O)(=O)c2ccccc2NN)C1(C)C. The first kappa shape index (κ1) is 15.2. The molecular weight excluding hydrogens is 278 g/mol. The Labute approximate surface area is 119 Å². The van der Waals surface area contributed by atoms with E-state index in [0.29, 0.717) is 12.1 Å². The summed E-state index contributed by atoms with van der Waals surface area (Å²) in [6, 6.07) is 6.39. The predicted molar refractivity (Wildman–Crippen MR) is 77.6 cm³/mol. The van der Waals surface area contributed by atoms with Crippen molar-refractivity contribution in [2.24, 2.45) is 11.3 Å². The topological polar surface area (TPSA) is 93.4 Å². The zero-order valence-corrected chi connectivity index (χ0v) is 12.7. The second kappa shape index (κ2) is 5.33. The Hall–Kier alpha value is -1.15. The van der Waals surface area contributed by atoms with Crippen molar-refractivity contribution in [3.05, 3.63) is 24.3 Å². The normalized spacial score (nSPS) is 25.0. The van der Waals surface area contributed by atoms with E-state index in [1.165, 1.54) is 6.07 Å². The quantitative estimate of drug-likeness (QED) is 0.558. The van der Waals surface area contributed by atoms with Gasteiger partial charge in [-0.1, -0.05) is 26.0 Å². The van der Waals surface area contributed by atoms with Crippen molar-refractivity contribution in [1.29, 1.82) is 0 Å². The molecule has 2 rings (SSSR count). The summed E-state index contributed by atoms with van der Waals surface area (Å²) >= 11 is 0. The average Bonchev–Trinajstić information content (AvgIpc) is 2.43. The van der Waals surface area contributed by atoms with Gasteiger partial charge in [0.15, 0.2) is 0 Å². The number of nitrogens with two attached hydrogens (primary N) is 1. The number of sulfonamides is 1. The van der Waals surface area contributed by atoms with Crippen LogP contribution in [0.1, 0.15) is 20.3 Å². The molecule has 1 fully saturated rings. The summed E-state index contributed by atoms with van der Waals surface area (Å²) in [5, 5.41) is 0. The van der Waals surface area contributed by atoms with Gasteiger partial charge in [0.1, 0.15) is 4.90 Å². The van der Waals surface area contributed by atoms with Gasteiger partial charge in [-0.05, 0) is 18.6 Å². The standard InChI is InChI=1S/C13H21N3O3S/c1-13(2)11(8-12(13)19-3)16-20(17,18)10-7-5-4-6-9(10)15-14/h4-7,11-12,15-16H,8,14H2,1-3H3. The minimum absolute atomic E-state index is 0.0677. The lowest BCUT2D eigenvalue weighted by Gasteiger charge is -2.50. The highest BCUT2D eigenvalue weighted by molar-refractivity contribution is 7.89. The maximum absolute atomic E-state index is 12.5. The third kappa shape index (κ3) is 2.54. The molecule has 0 bridgehead atoms. The second-order valence-corrected chi connectivity index (χ2v) is 7.28. The van der Waals surface area contributed by atoms with E-state index in [4.69, 9.17) is 10.6 Å². The van der Waals surface area contributed by atoms with Crippen LogP contribution in [0.15, 0.2) is 29.2 Å². The van der Waals surface area contributed by atoms with Gasteiger partial charge in [-0.15, -0.1) is 0 Å². The van der Waals surface area contributed by atoms with Crippen LogP contribution in [0.4, 0.5) is 5.69 Å². The molecule has 0 radical (unpaired) electrons. The number of nitrogen functional groups attached to an aromatic ring is 1. The highest BCUT2D eigenvalue weighted by Gasteiger charge is 2.50. The zero-order chi connectivity index (χ0) is 15.0. The van der Waals surface area contributed by atoms with Gasteiger partial charge < -0.3 is 10.2 Å². The number of hydrazine groups is 1. The molecule has 7 heteroatoms. The van der Waals surface area contributed by atoms with Crippen molar-refractivity contribution in [2.75, 3.05) is 12.5 Å². The van der Waals surface area contributed by atoms with Crippen LogP contribution in [0, 0.1) is 5.41 Å². The Kier molecular flexibility index (Phi) is 4.06. The molecular formula is C13H21N3O3S. The fourth-order valence-corrected chi connectivity index (χ4v) is 4.13. The molecule has 0 saturated heterocycles. The van der Waals surface area contributed by atoms with E-state index in [1.54, 1.807) is 25.3 Å². The number of benzene rings is 1. The fraction of sp³-hybridized carbons (Fsp3) is 0.538. The summed E-state index contributed by atoms with van der Waals surface area (Å²) in [4.78, 5) is 0.152. The maximum Gasteiger partial charge on any atom is 0.242 e. The molecule has 0 aromatic heterocycles. The summed E-state index contributed by atoms with van der Waals surface area (Å²) in [5.41, 5.74) is 2.55. The second-order valence-electron chi connectivity index (χ2n) is 5.60. The minimum Gasteiger partial charge on any atom is -0.381 e. The maximum atomic E-state index is 12.5. The number of hydrogen-bond donors (Lipinski definition) is 3. The van der Waals surface area contributed by atoms with Gasteiger partial charge in [0.25, 0.3) is 0 Å². The summed E-state index contributed by atoms with van der Waals surface area (Å²) in [6.45, 7) is 3.98. The van der Waals surface area contributed by atoms with Gasteiger partial charge in [-0.3, -0.25) is 5.84 Å². The molecule has 4 N–H and O–H groups in total. The molecule has 1 aliphatic carbocycles. The molecule has 0 heterocycles. The molecule has 2 unspecified atom stereocenters. The lowest BCUT2D eigenvalue weighted by Crippen LogP contribution is -2.61. The average molecular weight is 299 g/mol. The van der Waals surface area contributed by atoms with E-state index in [2.05, 4.69) is 10.1 Å². The Morgan fingerprint density at radius 2 is 2.00 bits per heavy atom. The van der Waals surface area contributed by atoms with Crippen LogP contribution in [-0.4, -0.2) is 27.7 Å².